The first-order chi connectivity index (χ1) is 34.0. The minimum atomic E-state index is 0.607. The van der Waals surface area contributed by atoms with Crippen molar-refractivity contribution in [1.29, 1.82) is 0 Å². The van der Waals surface area contributed by atoms with Gasteiger partial charge in [-0.3, -0.25) is 0 Å². The molecule has 3 aromatic heterocycles. The topological polar surface area (TPSA) is 56.5 Å². The number of aryl methyl sites for hydroxylation is 2. The molecule has 12 rings (SSSR count). The summed E-state index contributed by atoms with van der Waals surface area (Å²) in [7, 11) is 0. The van der Waals surface area contributed by atoms with Gasteiger partial charge in [-0.25, -0.2) is 19.9 Å². The lowest BCUT2D eigenvalue weighted by Gasteiger charge is -2.17. The molecular weight excluding hydrogens is 839 g/mol. The molecule has 0 unspecified atom stereocenters. The molecule has 5 nitrogen and oxygen atoms in total. The average molecular weight is 884 g/mol. The molecule has 0 spiro atoms. The molecule has 0 aliphatic heterocycles. The molecule has 326 valence electrons. The van der Waals surface area contributed by atoms with Gasteiger partial charge in [-0.15, -0.1) is 0 Å². The van der Waals surface area contributed by atoms with Crippen LogP contribution < -0.4 is 0 Å². The number of nitrogens with zero attached hydrogens (tertiary/aromatic N) is 5. The van der Waals surface area contributed by atoms with Crippen molar-refractivity contribution in [3.8, 4) is 95.7 Å². The molecule has 0 radical (unpaired) electrons. The maximum absolute atomic E-state index is 5.46. The summed E-state index contributed by atoms with van der Waals surface area (Å²) >= 11 is 0. The van der Waals surface area contributed by atoms with E-state index in [9.17, 15) is 0 Å². The Balaban J connectivity index is 1.15. The van der Waals surface area contributed by atoms with Crippen molar-refractivity contribution in [2.75, 3.05) is 0 Å². The van der Waals surface area contributed by atoms with E-state index in [4.69, 9.17) is 19.9 Å². The highest BCUT2D eigenvalue weighted by molar-refractivity contribution is 6.12. The molecule has 12 aromatic rings. The summed E-state index contributed by atoms with van der Waals surface area (Å²) in [5.41, 5.74) is 19.4. The van der Waals surface area contributed by atoms with Crippen LogP contribution in [0.1, 0.15) is 11.1 Å². The Labute approximate surface area is 401 Å². The molecule has 0 aliphatic rings. The Bertz CT molecular complexity index is 3590. The quantitative estimate of drug-likeness (QED) is 0.145. The maximum atomic E-state index is 5.46. The SMILES string of the molecule is Cc1ccc(-c2ccc3c(c2)c2cc(-c4ccc(C)cc4)ccc2n3-c2ccc(-c3cc(-c4ccccc4)nc(-c4ccccc4)n3)cc2-c2nc(-c3ccccc3)cc(-c3ccccc3)n2)cc1. The zero-order valence-corrected chi connectivity index (χ0v) is 38.3. The van der Waals surface area contributed by atoms with E-state index in [-0.39, 0.29) is 0 Å². The first kappa shape index (κ1) is 41.4. The monoisotopic (exact) mass is 883 g/mol. The normalized spacial score (nSPS) is 11.3. The van der Waals surface area contributed by atoms with E-state index in [0.717, 1.165) is 94.8 Å². The number of hydrogen-bond donors (Lipinski definition) is 0. The number of fused-ring (bicyclic) bond motifs is 3. The van der Waals surface area contributed by atoms with Gasteiger partial charge in [-0.1, -0.05) is 199 Å². The van der Waals surface area contributed by atoms with Crippen LogP contribution in [0.25, 0.3) is 118 Å². The first-order valence-electron chi connectivity index (χ1n) is 23.4. The lowest BCUT2D eigenvalue weighted by atomic mass is 9.99. The standard InChI is InChI=1S/C64H45N5/c1-42-23-27-44(28-24-42)50-31-34-60-53(37-50)54-38-51(45-29-25-43(2)26-30-45)32-35-61(54)69(60)62-36-33-52(59-41-56(46-15-7-3-8-16-46)65-63(66-59)49-21-13-6-14-22-49)39-55(62)64-67-57(47-17-9-4-10-18-47)40-58(68-64)48-19-11-5-12-20-48/h3-41H,1-2H3. The van der Waals surface area contributed by atoms with Gasteiger partial charge in [0.2, 0.25) is 0 Å². The van der Waals surface area contributed by atoms with Gasteiger partial charge in [0.1, 0.15) is 0 Å². The Morgan fingerprint density at radius 1 is 0.275 bits per heavy atom. The van der Waals surface area contributed by atoms with Crippen LogP contribution in [-0.2, 0) is 0 Å². The number of benzene rings is 9. The van der Waals surface area contributed by atoms with Crippen molar-refractivity contribution in [2.45, 2.75) is 13.8 Å². The molecule has 9 aromatic carbocycles. The van der Waals surface area contributed by atoms with Gasteiger partial charge in [0.15, 0.2) is 11.6 Å². The number of aromatic nitrogens is 5. The Morgan fingerprint density at radius 2 is 0.638 bits per heavy atom. The zero-order chi connectivity index (χ0) is 46.3. The fourth-order valence-electron chi connectivity index (χ4n) is 9.35. The van der Waals surface area contributed by atoms with E-state index in [2.05, 4.69) is 206 Å². The van der Waals surface area contributed by atoms with Gasteiger partial charge in [0.05, 0.1) is 39.5 Å². The Kier molecular flexibility index (Phi) is 10.6. The smallest absolute Gasteiger partial charge is 0.162 e. The van der Waals surface area contributed by atoms with Crippen LogP contribution in [0.15, 0.2) is 237 Å². The lowest BCUT2D eigenvalue weighted by molar-refractivity contribution is 1.13. The summed E-state index contributed by atoms with van der Waals surface area (Å²) in [6, 6.07) is 83.4. The van der Waals surface area contributed by atoms with Crippen molar-refractivity contribution in [2.24, 2.45) is 0 Å². The van der Waals surface area contributed by atoms with Crippen LogP contribution >= 0.6 is 0 Å². The van der Waals surface area contributed by atoms with Crippen LogP contribution in [0, 0.1) is 13.8 Å². The van der Waals surface area contributed by atoms with Crippen LogP contribution in [0.5, 0.6) is 0 Å². The second kappa shape index (κ2) is 17.6. The van der Waals surface area contributed by atoms with Crippen LogP contribution in [0.3, 0.4) is 0 Å². The van der Waals surface area contributed by atoms with Gasteiger partial charge in [0, 0.05) is 44.2 Å². The van der Waals surface area contributed by atoms with Crippen molar-refractivity contribution < 1.29 is 0 Å². The van der Waals surface area contributed by atoms with Gasteiger partial charge < -0.3 is 4.57 Å². The van der Waals surface area contributed by atoms with Gasteiger partial charge in [0.25, 0.3) is 0 Å². The predicted molar refractivity (Wildman–Crippen MR) is 285 cm³/mol. The van der Waals surface area contributed by atoms with Gasteiger partial charge in [-0.2, -0.15) is 0 Å². The summed E-state index contributed by atoms with van der Waals surface area (Å²) in [4.78, 5) is 21.3. The Hall–Kier alpha value is -9.06. The highest BCUT2D eigenvalue weighted by atomic mass is 15.0. The predicted octanol–water partition coefficient (Wildman–Crippen LogP) is 16.3. The second-order valence-electron chi connectivity index (χ2n) is 17.7. The van der Waals surface area contributed by atoms with E-state index in [0.29, 0.717) is 11.6 Å². The molecule has 0 saturated heterocycles. The fourth-order valence-corrected chi connectivity index (χ4v) is 9.35. The minimum Gasteiger partial charge on any atom is -0.308 e. The van der Waals surface area contributed by atoms with Crippen LogP contribution in [0.4, 0.5) is 0 Å². The fraction of sp³-hybridized carbons (Fsp3) is 0.0312. The van der Waals surface area contributed by atoms with Crippen LogP contribution in [-0.4, -0.2) is 24.5 Å². The van der Waals surface area contributed by atoms with Crippen LogP contribution in [0.2, 0.25) is 0 Å². The molecule has 0 atom stereocenters. The largest absolute Gasteiger partial charge is 0.308 e. The molecule has 5 heteroatoms. The van der Waals surface area contributed by atoms with E-state index in [1.165, 1.54) is 22.3 Å². The molecule has 3 heterocycles. The van der Waals surface area contributed by atoms with Crippen molar-refractivity contribution in [3.63, 3.8) is 0 Å². The van der Waals surface area contributed by atoms with E-state index >= 15 is 0 Å². The van der Waals surface area contributed by atoms with Crippen molar-refractivity contribution in [3.05, 3.63) is 248 Å². The summed E-state index contributed by atoms with van der Waals surface area (Å²) < 4.78 is 2.40. The summed E-state index contributed by atoms with van der Waals surface area (Å²) in [6.07, 6.45) is 0. The summed E-state index contributed by atoms with van der Waals surface area (Å²) in [5.74, 6) is 1.26. The lowest BCUT2D eigenvalue weighted by Crippen LogP contribution is -2.03. The van der Waals surface area contributed by atoms with Crippen molar-refractivity contribution >= 4 is 21.8 Å². The molecule has 0 fully saturated rings. The van der Waals surface area contributed by atoms with Gasteiger partial charge >= 0.3 is 0 Å². The highest BCUT2D eigenvalue weighted by Crippen LogP contribution is 2.41. The second-order valence-corrected chi connectivity index (χ2v) is 17.7. The molecule has 69 heavy (non-hydrogen) atoms. The molecule has 0 aliphatic carbocycles. The summed E-state index contributed by atoms with van der Waals surface area (Å²) in [6.45, 7) is 4.26. The number of hydrogen-bond acceptors (Lipinski definition) is 4. The van der Waals surface area contributed by atoms with E-state index in [1.807, 2.05) is 48.5 Å². The average Bonchev–Trinajstić information content (AvgIpc) is 3.74. The highest BCUT2D eigenvalue weighted by Gasteiger charge is 2.22. The number of rotatable bonds is 9. The third-order valence-corrected chi connectivity index (χ3v) is 13.0. The van der Waals surface area contributed by atoms with E-state index < -0.39 is 0 Å². The third kappa shape index (κ3) is 8.06. The van der Waals surface area contributed by atoms with Gasteiger partial charge in [-0.05, 0) is 84.6 Å². The first-order valence-corrected chi connectivity index (χ1v) is 23.4. The molecule has 0 bridgehead atoms. The maximum Gasteiger partial charge on any atom is 0.162 e. The third-order valence-electron chi connectivity index (χ3n) is 13.0. The zero-order valence-electron chi connectivity index (χ0n) is 38.3. The molecule has 0 N–H and O–H groups in total. The molecule has 0 saturated carbocycles. The molecule has 0 amide bonds. The summed E-state index contributed by atoms with van der Waals surface area (Å²) in [5, 5.41) is 2.32. The van der Waals surface area contributed by atoms with Crippen molar-refractivity contribution in [1.82, 2.24) is 24.5 Å². The van der Waals surface area contributed by atoms with E-state index in [1.54, 1.807) is 0 Å². The minimum absolute atomic E-state index is 0.607. The Morgan fingerprint density at radius 3 is 1.07 bits per heavy atom. The molecular formula is C64H45N5.